The molecule has 1 aromatic heterocycles. The van der Waals surface area contributed by atoms with Crippen LogP contribution in [0.2, 0.25) is 0 Å². The van der Waals surface area contributed by atoms with E-state index < -0.39 is 15.8 Å². The monoisotopic (exact) mass is 366 g/mol. The molecule has 0 unspecified atom stereocenters. The third-order valence-corrected chi connectivity index (χ3v) is 6.95. The lowest BCUT2D eigenvalue weighted by atomic mass is 10.1. The Morgan fingerprint density at radius 3 is 2.64 bits per heavy atom. The van der Waals surface area contributed by atoms with Crippen LogP contribution in [0.15, 0.2) is 29.2 Å². The van der Waals surface area contributed by atoms with E-state index in [-0.39, 0.29) is 17.0 Å². The lowest BCUT2D eigenvalue weighted by molar-refractivity contribution is 0.172. The maximum atomic E-state index is 13.2. The Bertz CT molecular complexity index is 881. The zero-order chi connectivity index (χ0) is 17.6. The summed E-state index contributed by atoms with van der Waals surface area (Å²) < 4.78 is 48.1. The molecule has 0 N–H and O–H groups in total. The van der Waals surface area contributed by atoms with Crippen LogP contribution in [0.25, 0.3) is 0 Å². The molecular weight excluding hydrogens is 347 g/mol. The molecule has 7 nitrogen and oxygen atoms in total. The smallest absolute Gasteiger partial charge is 0.243 e. The number of nitrogens with zero attached hydrogens (tertiary/aromatic N) is 4. The first kappa shape index (κ1) is 16.6. The molecule has 1 fully saturated rings. The quantitative estimate of drug-likeness (QED) is 0.816. The summed E-state index contributed by atoms with van der Waals surface area (Å²) in [6.07, 6.45) is 2.10. The van der Waals surface area contributed by atoms with Gasteiger partial charge in [-0.25, -0.2) is 12.8 Å². The van der Waals surface area contributed by atoms with E-state index in [4.69, 9.17) is 4.74 Å². The minimum absolute atomic E-state index is 0.126. The van der Waals surface area contributed by atoms with E-state index in [2.05, 4.69) is 10.2 Å². The van der Waals surface area contributed by atoms with E-state index in [1.54, 1.807) is 11.4 Å². The van der Waals surface area contributed by atoms with Crippen LogP contribution in [-0.4, -0.2) is 46.7 Å². The molecular formula is C16H19FN4O3S. The van der Waals surface area contributed by atoms with E-state index in [0.717, 1.165) is 18.7 Å². The highest BCUT2D eigenvalue weighted by atomic mass is 32.2. The minimum atomic E-state index is -3.68. The van der Waals surface area contributed by atoms with Crippen molar-refractivity contribution in [2.24, 2.45) is 0 Å². The third kappa shape index (κ3) is 2.76. The molecule has 2 aliphatic rings. The van der Waals surface area contributed by atoms with Crippen LogP contribution in [0.3, 0.4) is 0 Å². The second-order valence-corrected chi connectivity index (χ2v) is 8.30. The minimum Gasteiger partial charge on any atom is -0.377 e. The second-order valence-electron chi connectivity index (χ2n) is 6.45. The largest absolute Gasteiger partial charge is 0.377 e. The van der Waals surface area contributed by atoms with Gasteiger partial charge in [0.2, 0.25) is 10.0 Å². The summed E-state index contributed by atoms with van der Waals surface area (Å²) in [4.78, 5) is 0.126. The van der Waals surface area contributed by atoms with Crippen molar-refractivity contribution in [1.82, 2.24) is 19.1 Å². The molecule has 2 atom stereocenters. The van der Waals surface area contributed by atoms with Crippen molar-refractivity contribution >= 4 is 10.0 Å². The van der Waals surface area contributed by atoms with Crippen molar-refractivity contribution in [3.63, 3.8) is 0 Å². The molecule has 25 heavy (non-hydrogen) atoms. The summed E-state index contributed by atoms with van der Waals surface area (Å²) >= 11 is 0. The Hall–Kier alpha value is -1.84. The molecule has 3 heterocycles. The second kappa shape index (κ2) is 6.15. The standard InChI is InChI=1S/C16H19FN4O3S/c1-24-10-16-19-18-15-8-12-4-5-13(9-20(15)16)21(12)25(22,23)14-6-2-11(17)3-7-14/h2-3,6-7,12-13H,4-5,8-10H2,1H3/t12-,13+/m0/s1. The van der Waals surface area contributed by atoms with E-state index in [1.165, 1.54) is 24.3 Å². The maximum Gasteiger partial charge on any atom is 0.243 e. The normalized spacial score (nSPS) is 23.4. The summed E-state index contributed by atoms with van der Waals surface area (Å²) in [7, 11) is -2.09. The fourth-order valence-electron chi connectivity index (χ4n) is 3.81. The van der Waals surface area contributed by atoms with Crippen molar-refractivity contribution in [3.05, 3.63) is 41.7 Å². The first-order valence-corrected chi connectivity index (χ1v) is 9.63. The van der Waals surface area contributed by atoms with Gasteiger partial charge < -0.3 is 9.30 Å². The summed E-state index contributed by atoms with van der Waals surface area (Å²) in [6.45, 7) is 0.854. The van der Waals surface area contributed by atoms with Crippen LogP contribution in [0, 0.1) is 5.82 Å². The number of benzene rings is 1. The average Bonchev–Trinajstić information content (AvgIpc) is 3.08. The molecule has 0 spiro atoms. The van der Waals surface area contributed by atoms with Crippen LogP contribution < -0.4 is 0 Å². The van der Waals surface area contributed by atoms with Gasteiger partial charge in [-0.1, -0.05) is 0 Å². The molecule has 4 rings (SSSR count). The number of rotatable bonds is 4. The number of fused-ring (bicyclic) bond motifs is 3. The molecule has 0 saturated carbocycles. The van der Waals surface area contributed by atoms with Crippen molar-refractivity contribution in [1.29, 1.82) is 0 Å². The summed E-state index contributed by atoms with van der Waals surface area (Å²) in [5, 5.41) is 8.38. The van der Waals surface area contributed by atoms with Gasteiger partial charge in [0.1, 0.15) is 18.2 Å². The molecule has 0 aliphatic carbocycles. The fourth-order valence-corrected chi connectivity index (χ4v) is 5.67. The van der Waals surface area contributed by atoms with Gasteiger partial charge >= 0.3 is 0 Å². The predicted molar refractivity (Wildman–Crippen MR) is 86.7 cm³/mol. The fraction of sp³-hybridized carbons (Fsp3) is 0.500. The van der Waals surface area contributed by atoms with E-state index in [0.29, 0.717) is 25.4 Å². The van der Waals surface area contributed by atoms with Crippen molar-refractivity contribution in [2.45, 2.75) is 49.4 Å². The molecule has 2 aliphatic heterocycles. The van der Waals surface area contributed by atoms with Gasteiger partial charge in [0.25, 0.3) is 0 Å². The number of aromatic nitrogens is 3. The van der Waals surface area contributed by atoms with Crippen molar-refractivity contribution < 1.29 is 17.5 Å². The lowest BCUT2D eigenvalue weighted by Gasteiger charge is -2.27. The van der Waals surface area contributed by atoms with Crippen LogP contribution >= 0.6 is 0 Å². The Morgan fingerprint density at radius 1 is 1.20 bits per heavy atom. The van der Waals surface area contributed by atoms with Gasteiger partial charge in [0.15, 0.2) is 5.82 Å². The number of sulfonamides is 1. The number of halogens is 1. The van der Waals surface area contributed by atoms with Crippen LogP contribution in [0.1, 0.15) is 24.5 Å². The topological polar surface area (TPSA) is 77.3 Å². The highest BCUT2D eigenvalue weighted by Gasteiger charge is 2.45. The highest BCUT2D eigenvalue weighted by molar-refractivity contribution is 7.89. The van der Waals surface area contributed by atoms with Gasteiger partial charge in [0, 0.05) is 32.2 Å². The molecule has 2 bridgehead atoms. The predicted octanol–water partition coefficient (Wildman–Crippen LogP) is 1.34. The van der Waals surface area contributed by atoms with Gasteiger partial charge in [-0.2, -0.15) is 4.31 Å². The summed E-state index contributed by atoms with van der Waals surface area (Å²) in [5.41, 5.74) is 0. The van der Waals surface area contributed by atoms with Gasteiger partial charge in [0.05, 0.1) is 4.90 Å². The molecule has 0 amide bonds. The Kier molecular flexibility index (Phi) is 4.09. The van der Waals surface area contributed by atoms with Gasteiger partial charge in [-0.15, -0.1) is 10.2 Å². The SMILES string of the molecule is COCc1nnc2n1C[C@H]1CC[C@@H](C2)N1S(=O)(=O)c1ccc(F)cc1. The third-order valence-electron chi connectivity index (χ3n) is 4.93. The molecule has 9 heteroatoms. The van der Waals surface area contributed by atoms with Gasteiger partial charge in [-0.05, 0) is 37.1 Å². The molecule has 134 valence electrons. The van der Waals surface area contributed by atoms with E-state index in [1.807, 2.05) is 4.57 Å². The first-order chi connectivity index (χ1) is 12.0. The number of hydrogen-bond acceptors (Lipinski definition) is 5. The average molecular weight is 366 g/mol. The highest BCUT2D eigenvalue weighted by Crippen LogP contribution is 2.36. The Morgan fingerprint density at radius 2 is 1.92 bits per heavy atom. The zero-order valence-electron chi connectivity index (χ0n) is 13.8. The molecule has 1 saturated heterocycles. The number of methoxy groups -OCH3 is 1. The number of hydrogen-bond donors (Lipinski definition) is 0. The maximum absolute atomic E-state index is 13.2. The molecule has 1 aromatic carbocycles. The first-order valence-electron chi connectivity index (χ1n) is 8.19. The van der Waals surface area contributed by atoms with Crippen molar-refractivity contribution in [3.8, 4) is 0 Å². The Balaban J connectivity index is 1.70. The number of ether oxygens (including phenoxy) is 1. The van der Waals surface area contributed by atoms with Crippen LogP contribution in [0.4, 0.5) is 4.39 Å². The lowest BCUT2D eigenvalue weighted by Crippen LogP contribution is -2.42. The van der Waals surface area contributed by atoms with Gasteiger partial charge in [-0.3, -0.25) is 0 Å². The Labute approximate surface area is 145 Å². The van der Waals surface area contributed by atoms with Crippen LogP contribution in [-0.2, 0) is 34.3 Å². The van der Waals surface area contributed by atoms with Crippen molar-refractivity contribution in [2.75, 3.05) is 7.11 Å². The summed E-state index contributed by atoms with van der Waals surface area (Å²) in [5.74, 6) is 1.05. The zero-order valence-corrected chi connectivity index (χ0v) is 14.6. The molecule has 0 radical (unpaired) electrons. The molecule has 2 aromatic rings. The van der Waals surface area contributed by atoms with E-state index in [9.17, 15) is 12.8 Å². The van der Waals surface area contributed by atoms with Crippen LogP contribution in [0.5, 0.6) is 0 Å². The van der Waals surface area contributed by atoms with E-state index >= 15 is 0 Å². The summed E-state index contributed by atoms with van der Waals surface area (Å²) in [6, 6.07) is 4.70.